The topological polar surface area (TPSA) is 214 Å². The third-order valence-electron chi connectivity index (χ3n) is 3.06. The molecule has 27 heavy (non-hydrogen) atoms. The van der Waals surface area contributed by atoms with Crippen molar-refractivity contribution >= 4 is 23.4 Å². The fraction of sp³-hybridized carbons (Fsp3) is 0.231. The Labute approximate surface area is 148 Å². The maximum Gasteiger partial charge on any atom is 0.325 e. The summed E-state index contributed by atoms with van der Waals surface area (Å²) < 4.78 is 0. The van der Waals surface area contributed by atoms with Gasteiger partial charge >= 0.3 is 23.4 Å². The molecule has 2 aromatic rings. The molecule has 0 saturated carbocycles. The van der Waals surface area contributed by atoms with Gasteiger partial charge in [-0.3, -0.25) is 19.6 Å². The number of hydrogen-bond donors (Lipinski definition) is 8. The summed E-state index contributed by atoms with van der Waals surface area (Å²) in [6.45, 7) is 0.346. The molecular weight excluding hydrogens is 364 g/mol. The molecule has 8 N–H and O–H groups in total. The van der Waals surface area contributed by atoms with E-state index in [-0.39, 0.29) is 24.5 Å². The number of hydrogen-bond acceptors (Lipinski definition) is 6. The zero-order valence-electron chi connectivity index (χ0n) is 13.7. The first kappa shape index (κ1) is 19.2. The number of carbonyl (C=O) groups is 2. The maximum absolute atomic E-state index is 11.6. The summed E-state index contributed by atoms with van der Waals surface area (Å²) in [6.07, 6.45) is 2.47. The van der Waals surface area contributed by atoms with Crippen LogP contribution in [-0.4, -0.2) is 45.1 Å². The van der Waals surface area contributed by atoms with Crippen molar-refractivity contribution in [3.8, 4) is 0 Å². The molecule has 2 rings (SSSR count). The average molecular weight is 380 g/mol. The number of amides is 4. The number of aromatic nitrogens is 4. The van der Waals surface area contributed by atoms with Gasteiger partial charge in [0, 0.05) is 25.5 Å². The molecule has 0 fully saturated rings. The van der Waals surface area contributed by atoms with Crippen LogP contribution in [0.25, 0.3) is 0 Å². The van der Waals surface area contributed by atoms with Crippen LogP contribution in [0.15, 0.2) is 31.6 Å². The lowest BCUT2D eigenvalue weighted by Gasteiger charge is -2.08. The molecule has 14 nitrogen and oxygen atoms in total. The predicted molar refractivity (Wildman–Crippen MR) is 94.0 cm³/mol. The molecule has 144 valence electrons. The van der Waals surface area contributed by atoms with Gasteiger partial charge in [-0.05, 0) is 6.42 Å². The molecule has 0 bridgehead atoms. The molecule has 0 spiro atoms. The standard InChI is InChI=1S/C13H16N8O6/c22-8-6(4-16-12(26)20-8)18-10(24)14-2-1-3-15-11(25)19-7-5-17-13(27)21-9(7)23/h4-5H,1-3H2,(H2,14,18,24)(H2,15,19,25)(H2,16,20,22,26)(H2,17,21,23,27). The second kappa shape index (κ2) is 8.84. The van der Waals surface area contributed by atoms with Gasteiger partial charge < -0.3 is 31.2 Å². The highest BCUT2D eigenvalue weighted by Crippen LogP contribution is 1.92. The molecule has 2 heterocycles. The van der Waals surface area contributed by atoms with Crippen molar-refractivity contribution in [1.82, 2.24) is 30.6 Å². The van der Waals surface area contributed by atoms with Crippen LogP contribution in [-0.2, 0) is 0 Å². The molecule has 4 amide bonds. The van der Waals surface area contributed by atoms with E-state index in [1.165, 1.54) is 0 Å². The Morgan fingerprint density at radius 2 is 1.15 bits per heavy atom. The van der Waals surface area contributed by atoms with Crippen LogP contribution in [0.4, 0.5) is 21.0 Å². The van der Waals surface area contributed by atoms with E-state index in [0.29, 0.717) is 6.42 Å². The summed E-state index contributed by atoms with van der Waals surface area (Å²) >= 11 is 0. The Morgan fingerprint density at radius 1 is 0.741 bits per heavy atom. The summed E-state index contributed by atoms with van der Waals surface area (Å²) in [5.74, 6) is 0. The van der Waals surface area contributed by atoms with E-state index in [1.807, 2.05) is 9.97 Å². The largest absolute Gasteiger partial charge is 0.338 e. The molecule has 2 aromatic heterocycles. The minimum atomic E-state index is -0.746. The lowest BCUT2D eigenvalue weighted by Crippen LogP contribution is -2.36. The van der Waals surface area contributed by atoms with Gasteiger partial charge in [-0.2, -0.15) is 0 Å². The van der Waals surface area contributed by atoms with Crippen LogP contribution in [0.1, 0.15) is 6.42 Å². The smallest absolute Gasteiger partial charge is 0.325 e. The third kappa shape index (κ3) is 6.04. The Balaban J connectivity index is 1.67. The van der Waals surface area contributed by atoms with Crippen LogP contribution in [0, 0.1) is 0 Å². The molecule has 0 unspecified atom stereocenters. The molecule has 0 aliphatic rings. The van der Waals surface area contributed by atoms with E-state index in [9.17, 15) is 28.8 Å². The summed E-state index contributed by atoms with van der Waals surface area (Å²) in [5, 5.41) is 9.40. The molecule has 0 aliphatic carbocycles. The van der Waals surface area contributed by atoms with E-state index in [4.69, 9.17) is 0 Å². The first-order chi connectivity index (χ1) is 12.8. The highest BCUT2D eigenvalue weighted by molar-refractivity contribution is 5.89. The average Bonchev–Trinajstić information content (AvgIpc) is 2.59. The number of carbonyl (C=O) groups excluding carboxylic acids is 2. The maximum atomic E-state index is 11.6. The third-order valence-corrected chi connectivity index (χ3v) is 3.06. The second-order valence-corrected chi connectivity index (χ2v) is 5.09. The zero-order valence-corrected chi connectivity index (χ0v) is 13.7. The number of H-pyrrole nitrogens is 4. The number of aromatic amines is 4. The van der Waals surface area contributed by atoms with Gasteiger partial charge in [0.1, 0.15) is 11.4 Å². The Bertz CT molecular complexity index is 964. The molecular formula is C13H16N8O6. The van der Waals surface area contributed by atoms with Crippen LogP contribution in [0.2, 0.25) is 0 Å². The Hall–Kier alpha value is -4.10. The van der Waals surface area contributed by atoms with E-state index >= 15 is 0 Å². The second-order valence-electron chi connectivity index (χ2n) is 5.09. The van der Waals surface area contributed by atoms with Crippen LogP contribution >= 0.6 is 0 Å². The Morgan fingerprint density at radius 3 is 1.52 bits per heavy atom. The van der Waals surface area contributed by atoms with Gasteiger partial charge in [0.2, 0.25) is 0 Å². The molecule has 0 atom stereocenters. The first-order valence-corrected chi connectivity index (χ1v) is 7.59. The lowest BCUT2D eigenvalue weighted by molar-refractivity contribution is 0.251. The minimum Gasteiger partial charge on any atom is -0.338 e. The molecule has 0 radical (unpaired) electrons. The van der Waals surface area contributed by atoms with E-state index in [1.54, 1.807) is 0 Å². The molecule has 0 saturated heterocycles. The van der Waals surface area contributed by atoms with E-state index in [2.05, 4.69) is 31.2 Å². The number of rotatable bonds is 6. The zero-order chi connectivity index (χ0) is 19.8. The number of nitrogens with one attached hydrogen (secondary N) is 8. The summed E-state index contributed by atoms with van der Waals surface area (Å²) in [5.41, 5.74) is -3.14. The van der Waals surface area contributed by atoms with Gasteiger partial charge in [0.15, 0.2) is 0 Å². The number of urea groups is 2. The normalized spacial score (nSPS) is 10.1. The summed E-state index contributed by atoms with van der Waals surface area (Å²) in [7, 11) is 0. The van der Waals surface area contributed by atoms with E-state index in [0.717, 1.165) is 12.4 Å². The first-order valence-electron chi connectivity index (χ1n) is 7.59. The minimum absolute atomic E-state index is 0.129. The van der Waals surface area contributed by atoms with Crippen LogP contribution < -0.4 is 43.8 Å². The van der Waals surface area contributed by atoms with Crippen molar-refractivity contribution < 1.29 is 9.59 Å². The lowest BCUT2D eigenvalue weighted by atomic mass is 10.4. The van der Waals surface area contributed by atoms with Crippen LogP contribution in [0.3, 0.4) is 0 Å². The fourth-order valence-electron chi connectivity index (χ4n) is 1.83. The fourth-order valence-corrected chi connectivity index (χ4v) is 1.83. The quantitative estimate of drug-likeness (QED) is 0.259. The van der Waals surface area contributed by atoms with Gasteiger partial charge in [-0.15, -0.1) is 0 Å². The SMILES string of the molecule is O=C(NCCCNC(=O)Nc1c[nH]c(=O)[nH]c1=O)Nc1c[nH]c(=O)[nH]c1=O. The molecule has 0 aromatic carbocycles. The van der Waals surface area contributed by atoms with Crippen molar-refractivity contribution in [3.05, 3.63) is 54.1 Å². The van der Waals surface area contributed by atoms with Crippen molar-refractivity contribution in [2.24, 2.45) is 0 Å². The van der Waals surface area contributed by atoms with Crippen molar-refractivity contribution in [1.29, 1.82) is 0 Å². The summed E-state index contributed by atoms with van der Waals surface area (Å²) in [4.78, 5) is 76.1. The van der Waals surface area contributed by atoms with Crippen molar-refractivity contribution in [3.63, 3.8) is 0 Å². The highest BCUT2D eigenvalue weighted by atomic mass is 16.2. The van der Waals surface area contributed by atoms with E-state index < -0.39 is 34.6 Å². The number of anilines is 2. The van der Waals surface area contributed by atoms with Crippen LogP contribution in [0.5, 0.6) is 0 Å². The van der Waals surface area contributed by atoms with Gasteiger partial charge in [-0.25, -0.2) is 19.2 Å². The Kier molecular flexibility index (Phi) is 6.29. The van der Waals surface area contributed by atoms with Gasteiger partial charge in [-0.1, -0.05) is 0 Å². The molecule has 14 heteroatoms. The van der Waals surface area contributed by atoms with Crippen molar-refractivity contribution in [2.75, 3.05) is 23.7 Å². The predicted octanol–water partition coefficient (Wildman–Crippen LogP) is -2.23. The molecule has 0 aliphatic heterocycles. The van der Waals surface area contributed by atoms with Crippen molar-refractivity contribution in [2.45, 2.75) is 6.42 Å². The van der Waals surface area contributed by atoms with Gasteiger partial charge in [0.25, 0.3) is 11.1 Å². The monoisotopic (exact) mass is 380 g/mol. The summed E-state index contributed by atoms with van der Waals surface area (Å²) in [6, 6.07) is -1.34. The van der Waals surface area contributed by atoms with Gasteiger partial charge in [0.05, 0.1) is 0 Å². The highest BCUT2D eigenvalue weighted by Gasteiger charge is 2.07.